The van der Waals surface area contributed by atoms with Gasteiger partial charge in [0.15, 0.2) is 17.5 Å². The number of fused-ring (bicyclic) bond motifs is 12. The molecule has 0 unspecified atom stereocenters. The molecule has 0 saturated carbocycles. The van der Waals surface area contributed by atoms with Gasteiger partial charge in [-0.05, 0) is 75.8 Å². The maximum atomic E-state index is 11.1. The van der Waals surface area contributed by atoms with Gasteiger partial charge >= 0.3 is 0 Å². The van der Waals surface area contributed by atoms with E-state index in [2.05, 4.69) is 120 Å². The molecule has 0 atom stereocenters. The number of hydrogen-bond donors (Lipinski definition) is 0. The molecule has 2 aliphatic rings. The highest BCUT2D eigenvalue weighted by molar-refractivity contribution is 7.99. The number of nitrogens with zero attached hydrogens (tertiary/aromatic N) is 6. The van der Waals surface area contributed by atoms with Crippen molar-refractivity contribution < 1.29 is 0 Å². The summed E-state index contributed by atoms with van der Waals surface area (Å²) in [5, 5.41) is 24.2. The van der Waals surface area contributed by atoms with Gasteiger partial charge in [0.05, 0.1) is 33.3 Å². The molecule has 0 saturated heterocycles. The summed E-state index contributed by atoms with van der Waals surface area (Å²) in [7, 11) is 0. The van der Waals surface area contributed by atoms with Crippen LogP contribution in [0.5, 0.6) is 0 Å². The SMILES string of the molecule is N#Cc1cc(-c2nc(-c3ccccc3)nc(-c3ccccc3)n2)cc(C#N)c1-n1c2ccccc2c2cc3c(cc21)C1(c2ccccc2Sc2ccccc21)c1ccccc1-3. The topological polar surface area (TPSA) is 91.2 Å². The first-order valence-corrected chi connectivity index (χ1v) is 20.9. The van der Waals surface area contributed by atoms with Crippen LogP contribution in [0, 0.1) is 22.7 Å². The van der Waals surface area contributed by atoms with E-state index in [0.717, 1.165) is 32.9 Å². The molecule has 0 amide bonds. The summed E-state index contributed by atoms with van der Waals surface area (Å²) in [5.41, 5.74) is 11.9. The Kier molecular flexibility index (Phi) is 7.71. The molecule has 0 radical (unpaired) electrons. The minimum atomic E-state index is -0.592. The van der Waals surface area contributed by atoms with Crippen molar-refractivity contribution in [2.75, 3.05) is 0 Å². The Morgan fingerprint density at radius 3 is 1.54 bits per heavy atom. The third kappa shape index (κ3) is 5.05. The van der Waals surface area contributed by atoms with E-state index in [1.165, 1.54) is 43.2 Å². The number of rotatable bonds is 4. The molecule has 282 valence electrons. The molecule has 0 bridgehead atoms. The molecular formula is C54H30N6S. The first-order chi connectivity index (χ1) is 30.1. The lowest BCUT2D eigenvalue weighted by molar-refractivity contribution is 0.723. The monoisotopic (exact) mass is 794 g/mol. The highest BCUT2D eigenvalue weighted by Gasteiger charge is 2.50. The highest BCUT2D eigenvalue weighted by Crippen LogP contribution is 2.62. The summed E-state index contributed by atoms with van der Waals surface area (Å²) >= 11 is 1.82. The van der Waals surface area contributed by atoms with Gasteiger partial charge in [-0.1, -0.05) is 151 Å². The molecule has 3 heterocycles. The molecular weight excluding hydrogens is 765 g/mol. The van der Waals surface area contributed by atoms with E-state index in [-0.39, 0.29) is 0 Å². The quantitative estimate of drug-likeness (QED) is 0.176. The maximum Gasteiger partial charge on any atom is 0.164 e. The summed E-state index contributed by atoms with van der Waals surface area (Å²) in [6, 6.07) is 67.4. The molecule has 12 rings (SSSR count). The van der Waals surface area contributed by atoms with E-state index in [9.17, 15) is 10.5 Å². The molecule has 0 fully saturated rings. The molecule has 1 aliphatic heterocycles. The largest absolute Gasteiger partial charge is 0.307 e. The van der Waals surface area contributed by atoms with Crippen LogP contribution in [-0.4, -0.2) is 19.5 Å². The number of aromatic nitrogens is 4. The second-order valence-corrected chi connectivity index (χ2v) is 16.4. The molecule has 0 N–H and O–H groups in total. The van der Waals surface area contributed by atoms with Crippen LogP contribution in [0.3, 0.4) is 0 Å². The Labute approximate surface area is 355 Å². The fraction of sp³-hybridized carbons (Fsp3) is 0.0185. The highest BCUT2D eigenvalue weighted by atomic mass is 32.2. The molecule has 1 spiro atoms. The average molecular weight is 795 g/mol. The zero-order valence-electron chi connectivity index (χ0n) is 32.4. The van der Waals surface area contributed by atoms with Gasteiger partial charge in [-0.2, -0.15) is 10.5 Å². The van der Waals surface area contributed by atoms with Crippen molar-refractivity contribution >= 4 is 33.6 Å². The van der Waals surface area contributed by atoms with E-state index in [1.807, 2.05) is 90.6 Å². The molecule has 10 aromatic rings. The normalized spacial score (nSPS) is 13.0. The van der Waals surface area contributed by atoms with E-state index in [1.54, 1.807) is 0 Å². The fourth-order valence-corrected chi connectivity index (χ4v) is 10.9. The van der Waals surface area contributed by atoms with Gasteiger partial charge in [-0.15, -0.1) is 0 Å². The summed E-state index contributed by atoms with van der Waals surface area (Å²) in [5.74, 6) is 1.38. The molecule has 7 heteroatoms. The fourth-order valence-electron chi connectivity index (χ4n) is 9.67. The van der Waals surface area contributed by atoms with Gasteiger partial charge < -0.3 is 4.57 Å². The van der Waals surface area contributed by atoms with E-state index >= 15 is 0 Å². The minimum absolute atomic E-state index is 0.336. The Balaban J connectivity index is 1.14. The van der Waals surface area contributed by atoms with Crippen molar-refractivity contribution in [3.63, 3.8) is 0 Å². The Bertz CT molecular complexity index is 3400. The second-order valence-electron chi connectivity index (χ2n) is 15.3. The summed E-state index contributed by atoms with van der Waals surface area (Å²) in [6.07, 6.45) is 0. The van der Waals surface area contributed by atoms with Crippen LogP contribution in [0.25, 0.3) is 72.8 Å². The number of hydrogen-bond acceptors (Lipinski definition) is 6. The first-order valence-electron chi connectivity index (χ1n) is 20.1. The molecule has 61 heavy (non-hydrogen) atoms. The third-order valence-corrected chi connectivity index (χ3v) is 13.3. The zero-order chi connectivity index (χ0) is 40.7. The van der Waals surface area contributed by atoms with Crippen molar-refractivity contribution in [1.29, 1.82) is 10.5 Å². The van der Waals surface area contributed by atoms with Gasteiger partial charge in [0.25, 0.3) is 0 Å². The van der Waals surface area contributed by atoms with Crippen LogP contribution >= 0.6 is 11.8 Å². The van der Waals surface area contributed by atoms with E-state index < -0.39 is 5.41 Å². The summed E-state index contributed by atoms with van der Waals surface area (Å²) in [6.45, 7) is 0. The summed E-state index contributed by atoms with van der Waals surface area (Å²) in [4.78, 5) is 17.2. The lowest BCUT2D eigenvalue weighted by Gasteiger charge is -2.39. The molecule has 1 aliphatic carbocycles. The van der Waals surface area contributed by atoms with Crippen molar-refractivity contribution in [2.24, 2.45) is 0 Å². The predicted molar refractivity (Wildman–Crippen MR) is 241 cm³/mol. The molecule has 2 aromatic heterocycles. The average Bonchev–Trinajstić information content (AvgIpc) is 3.80. The van der Waals surface area contributed by atoms with Crippen LogP contribution in [-0.2, 0) is 5.41 Å². The van der Waals surface area contributed by atoms with Crippen LogP contribution in [0.4, 0.5) is 0 Å². The van der Waals surface area contributed by atoms with Crippen LogP contribution in [0.15, 0.2) is 192 Å². The van der Waals surface area contributed by atoms with E-state index in [4.69, 9.17) is 15.0 Å². The van der Waals surface area contributed by atoms with Crippen LogP contribution in [0.2, 0.25) is 0 Å². The second kappa shape index (κ2) is 13.5. The Morgan fingerprint density at radius 1 is 0.426 bits per heavy atom. The summed E-state index contributed by atoms with van der Waals surface area (Å²) < 4.78 is 2.12. The lowest BCUT2D eigenvalue weighted by atomic mass is 9.67. The van der Waals surface area contributed by atoms with Crippen LogP contribution < -0.4 is 0 Å². The van der Waals surface area contributed by atoms with Crippen LogP contribution in [0.1, 0.15) is 33.4 Å². The first kappa shape index (κ1) is 34.9. The lowest BCUT2D eigenvalue weighted by Crippen LogP contribution is -2.31. The smallest absolute Gasteiger partial charge is 0.164 e. The minimum Gasteiger partial charge on any atom is -0.307 e. The van der Waals surface area contributed by atoms with Gasteiger partial charge in [-0.25, -0.2) is 15.0 Å². The van der Waals surface area contributed by atoms with Crippen molar-refractivity contribution in [3.05, 3.63) is 215 Å². The zero-order valence-corrected chi connectivity index (χ0v) is 33.2. The van der Waals surface area contributed by atoms with Gasteiger partial charge in [0.2, 0.25) is 0 Å². The molecule has 8 aromatic carbocycles. The Morgan fingerprint density at radius 2 is 0.934 bits per heavy atom. The number of benzene rings is 8. The van der Waals surface area contributed by atoms with Gasteiger partial charge in [0.1, 0.15) is 12.1 Å². The maximum absolute atomic E-state index is 11.1. The Hall–Kier alpha value is -8.10. The van der Waals surface area contributed by atoms with Crippen molar-refractivity contribution in [1.82, 2.24) is 19.5 Å². The van der Waals surface area contributed by atoms with Gasteiger partial charge in [0, 0.05) is 37.3 Å². The predicted octanol–water partition coefficient (Wildman–Crippen LogP) is 12.5. The van der Waals surface area contributed by atoms with Crippen molar-refractivity contribution in [3.8, 4) is 63.1 Å². The molecule has 6 nitrogen and oxygen atoms in total. The standard InChI is InChI=1S/C54H30N6S/c55-31-36-27-35(53-58-51(33-15-3-1-4-16-33)57-52(59-53)34-17-5-2-6-18-34)28-37(32-56)50(36)60-46-24-12-8-20-39(46)41-29-40-38-19-7-9-21-42(38)54(45(40)30-47(41)60)43-22-10-13-25-48(43)61-49-26-14-11-23-44(49)54/h1-30H. The van der Waals surface area contributed by atoms with Gasteiger partial charge in [-0.3, -0.25) is 0 Å². The number of para-hydroxylation sites is 1. The number of nitriles is 2. The van der Waals surface area contributed by atoms with E-state index in [0.29, 0.717) is 39.9 Å². The third-order valence-electron chi connectivity index (χ3n) is 12.2. The van der Waals surface area contributed by atoms with Crippen molar-refractivity contribution in [2.45, 2.75) is 15.2 Å².